The molecule has 10 heteroatoms. The average Bonchev–Trinajstić information content (AvgIpc) is 3.50. The lowest BCUT2D eigenvalue weighted by atomic mass is 9.94. The average molecular weight is 468 g/mol. The highest BCUT2D eigenvalue weighted by atomic mass is 32.1. The molecule has 0 bridgehead atoms. The van der Waals surface area contributed by atoms with E-state index in [2.05, 4.69) is 21.7 Å². The van der Waals surface area contributed by atoms with Crippen molar-refractivity contribution in [2.75, 3.05) is 5.32 Å². The number of anilines is 1. The van der Waals surface area contributed by atoms with Crippen molar-refractivity contribution in [1.82, 2.24) is 14.9 Å². The van der Waals surface area contributed by atoms with E-state index < -0.39 is 6.09 Å². The quantitative estimate of drug-likeness (QED) is 0.535. The Balaban J connectivity index is 1.36. The number of carbonyl (C=O) groups is 2. The molecule has 1 atom stereocenters. The zero-order chi connectivity index (χ0) is 22.5. The Kier molecular flexibility index (Phi) is 6.68. The summed E-state index contributed by atoms with van der Waals surface area (Å²) in [4.78, 5) is 30.5. The number of ether oxygens (including phenoxy) is 1. The Morgan fingerprint density at radius 1 is 1.47 bits per heavy atom. The molecule has 3 aromatic heterocycles. The highest BCUT2D eigenvalue weighted by Crippen LogP contribution is 2.38. The van der Waals surface area contributed by atoms with Crippen LogP contribution in [0.15, 0.2) is 36.1 Å². The number of amides is 2. The Hall–Kier alpha value is -3.42. The van der Waals surface area contributed by atoms with Crippen molar-refractivity contribution in [3.8, 4) is 6.07 Å². The number of hydrogen-bond acceptors (Lipinski definition) is 7. The maximum absolute atomic E-state index is 12.3. The third-order valence-electron chi connectivity index (χ3n) is 5.11. The van der Waals surface area contributed by atoms with Crippen molar-refractivity contribution >= 4 is 45.8 Å². The molecule has 3 heterocycles. The minimum Gasteiger partial charge on any atom is -0.446 e. The normalized spacial score (nSPS) is 15.2. The van der Waals surface area contributed by atoms with Crippen molar-refractivity contribution in [2.24, 2.45) is 7.05 Å². The van der Waals surface area contributed by atoms with Gasteiger partial charge in [0.15, 0.2) is 0 Å². The van der Waals surface area contributed by atoms with Gasteiger partial charge in [0.2, 0.25) is 5.91 Å². The van der Waals surface area contributed by atoms with Crippen LogP contribution in [0.3, 0.4) is 0 Å². The fourth-order valence-corrected chi connectivity index (χ4v) is 5.35. The molecular formula is C22H21N5O3S2. The smallest absolute Gasteiger partial charge is 0.407 e. The summed E-state index contributed by atoms with van der Waals surface area (Å²) in [7, 11) is 1.86. The molecule has 0 aliphatic heterocycles. The predicted octanol–water partition coefficient (Wildman–Crippen LogP) is 3.85. The molecule has 3 aromatic rings. The van der Waals surface area contributed by atoms with Crippen LogP contribution in [0.5, 0.6) is 0 Å². The molecule has 1 aliphatic rings. The van der Waals surface area contributed by atoms with Gasteiger partial charge in [0, 0.05) is 35.5 Å². The van der Waals surface area contributed by atoms with Gasteiger partial charge in [-0.3, -0.25) is 4.79 Å². The molecule has 0 fully saturated rings. The van der Waals surface area contributed by atoms with Crippen LogP contribution in [-0.2, 0) is 36.0 Å². The molecule has 2 N–H and O–H groups in total. The standard InChI is InChI=1S/C22H21N5O3S2/c1-27-13-24-11-14(27)12-25-22(29)30-15-4-6-17-18(10-23)21(32-19(17)9-15)26-20(28)7-5-16-3-2-8-31-16/h2-3,5,7-8,11,13,15H,4,6,9,12H2,1H3,(H,25,29)(H,26,28)/b7-5+. The van der Waals surface area contributed by atoms with Gasteiger partial charge in [-0.05, 0) is 35.9 Å². The number of imidazole rings is 1. The molecule has 1 unspecified atom stereocenters. The van der Waals surface area contributed by atoms with Crippen molar-refractivity contribution in [3.05, 3.63) is 62.7 Å². The fraction of sp³-hybridized carbons (Fsp3) is 0.273. The van der Waals surface area contributed by atoms with Gasteiger partial charge in [0.1, 0.15) is 17.2 Å². The summed E-state index contributed by atoms with van der Waals surface area (Å²) < 4.78 is 7.40. The monoisotopic (exact) mass is 467 g/mol. The van der Waals surface area contributed by atoms with E-state index in [4.69, 9.17) is 4.74 Å². The number of nitrogens with one attached hydrogen (secondary N) is 2. The number of alkyl carbamates (subject to hydrolysis) is 1. The maximum Gasteiger partial charge on any atom is 0.407 e. The summed E-state index contributed by atoms with van der Waals surface area (Å²) in [5, 5.41) is 17.7. The number of aromatic nitrogens is 2. The first-order valence-electron chi connectivity index (χ1n) is 10.0. The molecule has 0 radical (unpaired) electrons. The first-order chi connectivity index (χ1) is 15.5. The molecule has 8 nitrogen and oxygen atoms in total. The minimum atomic E-state index is -0.482. The van der Waals surface area contributed by atoms with Crippen molar-refractivity contribution < 1.29 is 14.3 Å². The van der Waals surface area contributed by atoms with E-state index in [1.807, 2.05) is 29.1 Å². The van der Waals surface area contributed by atoms with Gasteiger partial charge in [-0.2, -0.15) is 5.26 Å². The number of nitriles is 1. The summed E-state index contributed by atoms with van der Waals surface area (Å²) in [5.74, 6) is -0.282. The number of hydrogen-bond donors (Lipinski definition) is 2. The van der Waals surface area contributed by atoms with Crippen molar-refractivity contribution in [3.63, 3.8) is 0 Å². The second-order valence-corrected chi connectivity index (χ2v) is 9.36. The van der Waals surface area contributed by atoms with E-state index in [0.717, 1.165) is 21.0 Å². The fourth-order valence-electron chi connectivity index (χ4n) is 3.47. The van der Waals surface area contributed by atoms with Crippen LogP contribution in [0.25, 0.3) is 6.08 Å². The molecule has 0 spiro atoms. The van der Waals surface area contributed by atoms with Gasteiger partial charge < -0.3 is 19.9 Å². The minimum absolute atomic E-state index is 0.276. The van der Waals surface area contributed by atoms with Gasteiger partial charge in [-0.25, -0.2) is 9.78 Å². The molecule has 32 heavy (non-hydrogen) atoms. The Labute approximate surface area is 193 Å². The van der Waals surface area contributed by atoms with E-state index in [-0.39, 0.29) is 12.0 Å². The topological polar surface area (TPSA) is 109 Å². The van der Waals surface area contributed by atoms with Crippen LogP contribution < -0.4 is 10.6 Å². The van der Waals surface area contributed by atoms with Gasteiger partial charge in [-0.1, -0.05) is 6.07 Å². The van der Waals surface area contributed by atoms with Gasteiger partial charge in [0.25, 0.3) is 0 Å². The predicted molar refractivity (Wildman–Crippen MR) is 123 cm³/mol. The van der Waals surface area contributed by atoms with E-state index in [9.17, 15) is 14.9 Å². The lowest BCUT2D eigenvalue weighted by molar-refractivity contribution is -0.111. The first-order valence-corrected chi connectivity index (χ1v) is 11.7. The zero-order valence-corrected chi connectivity index (χ0v) is 19.0. The maximum atomic E-state index is 12.3. The molecule has 0 saturated carbocycles. The summed E-state index contributed by atoms with van der Waals surface area (Å²) in [6.45, 7) is 0.333. The Bertz CT molecular complexity index is 1190. The second kappa shape index (κ2) is 9.80. The SMILES string of the molecule is Cn1cncc1CNC(=O)OC1CCc2c(sc(NC(=O)/C=C/c3cccs3)c2C#N)C1. The summed E-state index contributed by atoms with van der Waals surface area (Å²) >= 11 is 2.92. The number of nitrogens with zero attached hydrogens (tertiary/aromatic N) is 3. The molecule has 4 rings (SSSR count). The number of carbonyl (C=O) groups excluding carboxylic acids is 2. The number of thiophene rings is 2. The van der Waals surface area contributed by atoms with Crippen LogP contribution in [0.4, 0.5) is 9.80 Å². The van der Waals surface area contributed by atoms with E-state index in [1.54, 1.807) is 29.9 Å². The number of fused-ring (bicyclic) bond motifs is 1. The lowest BCUT2D eigenvalue weighted by Gasteiger charge is -2.22. The van der Waals surface area contributed by atoms with Crippen molar-refractivity contribution in [2.45, 2.75) is 31.9 Å². The Morgan fingerprint density at radius 2 is 2.34 bits per heavy atom. The van der Waals surface area contributed by atoms with Crippen LogP contribution in [-0.4, -0.2) is 27.7 Å². The second-order valence-electron chi connectivity index (χ2n) is 7.28. The first kappa shape index (κ1) is 21.8. The van der Waals surface area contributed by atoms with E-state index in [0.29, 0.717) is 36.4 Å². The van der Waals surface area contributed by atoms with Crippen LogP contribution in [0, 0.1) is 11.3 Å². The van der Waals surface area contributed by atoms with Crippen LogP contribution in [0.1, 0.15) is 33.0 Å². The van der Waals surface area contributed by atoms with Crippen molar-refractivity contribution in [1.29, 1.82) is 5.26 Å². The highest BCUT2D eigenvalue weighted by Gasteiger charge is 2.28. The number of aryl methyl sites for hydroxylation is 1. The molecule has 0 saturated heterocycles. The summed E-state index contributed by atoms with van der Waals surface area (Å²) in [6.07, 6.45) is 7.58. The Morgan fingerprint density at radius 3 is 3.06 bits per heavy atom. The summed E-state index contributed by atoms with van der Waals surface area (Å²) in [5.41, 5.74) is 2.31. The van der Waals surface area contributed by atoms with E-state index >= 15 is 0 Å². The lowest BCUT2D eigenvalue weighted by Crippen LogP contribution is -2.32. The number of rotatable bonds is 6. The van der Waals surface area contributed by atoms with E-state index in [1.165, 1.54) is 17.4 Å². The molecular weight excluding hydrogens is 446 g/mol. The molecule has 0 aromatic carbocycles. The van der Waals surface area contributed by atoms with Crippen LogP contribution >= 0.6 is 22.7 Å². The third-order valence-corrected chi connectivity index (χ3v) is 7.12. The van der Waals surface area contributed by atoms with Gasteiger partial charge >= 0.3 is 6.09 Å². The largest absolute Gasteiger partial charge is 0.446 e. The third kappa shape index (κ3) is 5.07. The molecule has 1 aliphatic carbocycles. The van der Waals surface area contributed by atoms with Gasteiger partial charge in [0.05, 0.1) is 24.1 Å². The highest BCUT2D eigenvalue weighted by molar-refractivity contribution is 7.16. The summed E-state index contributed by atoms with van der Waals surface area (Å²) in [6, 6.07) is 6.06. The zero-order valence-electron chi connectivity index (χ0n) is 17.3. The molecule has 2 amide bonds. The van der Waals surface area contributed by atoms with Crippen LogP contribution in [0.2, 0.25) is 0 Å². The molecule has 164 valence electrons. The van der Waals surface area contributed by atoms with Gasteiger partial charge in [-0.15, -0.1) is 22.7 Å².